The zero-order valence-corrected chi connectivity index (χ0v) is 13.6. The van der Waals surface area contributed by atoms with Gasteiger partial charge in [0.25, 0.3) is 0 Å². The number of hydrogen-bond acceptors (Lipinski definition) is 2. The molecule has 16 heavy (non-hydrogen) atoms. The van der Waals surface area contributed by atoms with Crippen molar-refractivity contribution in [1.82, 2.24) is 9.78 Å². The third-order valence-corrected chi connectivity index (χ3v) is 8.48. The summed E-state index contributed by atoms with van der Waals surface area (Å²) in [5.74, 6) is 0. The monoisotopic (exact) mass is 304 g/mol. The van der Waals surface area contributed by atoms with Crippen LogP contribution >= 0.6 is 15.9 Å². The molecule has 0 amide bonds. The second kappa shape index (κ2) is 4.62. The average molecular weight is 305 g/mol. The molecule has 0 atom stereocenters. The van der Waals surface area contributed by atoms with E-state index in [-0.39, 0.29) is 5.04 Å². The van der Waals surface area contributed by atoms with Gasteiger partial charge in [-0.1, -0.05) is 20.8 Å². The normalized spacial score (nSPS) is 13.2. The highest BCUT2D eigenvalue weighted by Gasteiger charge is 2.37. The molecule has 92 valence electrons. The SMILES string of the molecule is Cn1nc(CO[Si](C)(C)C(C)(C)C)cc1Br. The van der Waals surface area contributed by atoms with Crippen molar-refractivity contribution in [3.05, 3.63) is 16.4 Å². The first kappa shape index (κ1) is 13.9. The summed E-state index contributed by atoms with van der Waals surface area (Å²) in [4.78, 5) is 0. The van der Waals surface area contributed by atoms with Crippen LogP contribution in [0.3, 0.4) is 0 Å². The Morgan fingerprint density at radius 1 is 1.44 bits per heavy atom. The van der Waals surface area contributed by atoms with Crippen LogP contribution < -0.4 is 0 Å². The minimum Gasteiger partial charge on any atom is -0.411 e. The molecule has 0 spiro atoms. The molecule has 0 aliphatic carbocycles. The van der Waals surface area contributed by atoms with Gasteiger partial charge in [0.2, 0.25) is 0 Å². The predicted octanol–water partition coefficient (Wildman–Crippen LogP) is 3.70. The van der Waals surface area contributed by atoms with Crippen molar-refractivity contribution >= 4 is 24.2 Å². The largest absolute Gasteiger partial charge is 0.411 e. The molecule has 0 saturated heterocycles. The number of rotatable bonds is 3. The Morgan fingerprint density at radius 3 is 2.38 bits per heavy atom. The molecule has 0 bridgehead atoms. The lowest BCUT2D eigenvalue weighted by Crippen LogP contribution is -2.40. The van der Waals surface area contributed by atoms with E-state index in [1.54, 1.807) is 0 Å². The van der Waals surface area contributed by atoms with Crippen LogP contribution in [0.1, 0.15) is 26.5 Å². The highest BCUT2D eigenvalue weighted by atomic mass is 79.9. The summed E-state index contributed by atoms with van der Waals surface area (Å²) < 4.78 is 8.89. The summed E-state index contributed by atoms with van der Waals surface area (Å²) in [5.41, 5.74) is 0.985. The molecule has 0 unspecified atom stereocenters. The van der Waals surface area contributed by atoms with E-state index in [9.17, 15) is 0 Å². The summed E-state index contributed by atoms with van der Waals surface area (Å²) >= 11 is 3.43. The third kappa shape index (κ3) is 3.18. The Balaban J connectivity index is 2.65. The Morgan fingerprint density at radius 2 is 2.00 bits per heavy atom. The van der Waals surface area contributed by atoms with E-state index in [2.05, 4.69) is 54.9 Å². The van der Waals surface area contributed by atoms with Gasteiger partial charge in [0.15, 0.2) is 8.32 Å². The Hall–Kier alpha value is -0.133. The zero-order valence-electron chi connectivity index (χ0n) is 11.0. The highest BCUT2D eigenvalue weighted by molar-refractivity contribution is 9.10. The van der Waals surface area contributed by atoms with E-state index in [0.29, 0.717) is 6.61 Å². The fraction of sp³-hybridized carbons (Fsp3) is 0.727. The molecule has 1 rings (SSSR count). The molecule has 0 fully saturated rings. The first-order valence-corrected chi connectivity index (χ1v) is 9.16. The second-order valence-corrected chi connectivity index (χ2v) is 11.3. The van der Waals surface area contributed by atoms with E-state index in [0.717, 1.165) is 10.3 Å². The van der Waals surface area contributed by atoms with Gasteiger partial charge in [-0.2, -0.15) is 5.10 Å². The first-order chi connectivity index (χ1) is 7.13. The van der Waals surface area contributed by atoms with E-state index in [1.807, 2.05) is 17.8 Å². The lowest BCUT2D eigenvalue weighted by atomic mass is 10.2. The molecule has 0 aliphatic heterocycles. The molecule has 3 nitrogen and oxygen atoms in total. The standard InChI is InChI=1S/C11H21BrN2OSi/c1-11(2,3)16(5,6)15-8-9-7-10(12)14(4)13-9/h7H,8H2,1-6H3. The smallest absolute Gasteiger partial charge is 0.192 e. The maximum absolute atomic E-state index is 6.09. The van der Waals surface area contributed by atoms with Gasteiger partial charge in [0, 0.05) is 7.05 Å². The molecule has 0 N–H and O–H groups in total. The van der Waals surface area contributed by atoms with Gasteiger partial charge in [0.1, 0.15) is 4.60 Å². The van der Waals surface area contributed by atoms with Crippen molar-refractivity contribution in [2.75, 3.05) is 0 Å². The Labute approximate surface area is 107 Å². The quantitative estimate of drug-likeness (QED) is 0.796. The van der Waals surface area contributed by atoms with Crippen LogP contribution in [0.5, 0.6) is 0 Å². The molecular weight excluding hydrogens is 284 g/mol. The van der Waals surface area contributed by atoms with Crippen molar-refractivity contribution in [2.45, 2.75) is 45.5 Å². The zero-order chi connectivity index (χ0) is 12.6. The molecule has 0 radical (unpaired) electrons. The van der Waals surface area contributed by atoms with Gasteiger partial charge in [-0.15, -0.1) is 0 Å². The molecule has 0 aliphatic rings. The number of aromatic nitrogens is 2. The summed E-state index contributed by atoms with van der Waals surface area (Å²) in [6.45, 7) is 11.8. The first-order valence-electron chi connectivity index (χ1n) is 5.46. The van der Waals surface area contributed by atoms with Crippen LogP contribution in [0.2, 0.25) is 18.1 Å². The van der Waals surface area contributed by atoms with Crippen LogP contribution in [0.4, 0.5) is 0 Å². The van der Waals surface area contributed by atoms with Crippen LogP contribution in [0.15, 0.2) is 10.7 Å². The molecule has 1 heterocycles. The number of nitrogens with zero attached hydrogens (tertiary/aromatic N) is 2. The summed E-state index contributed by atoms with van der Waals surface area (Å²) in [6, 6.07) is 2.01. The maximum atomic E-state index is 6.09. The Kier molecular flexibility index (Phi) is 4.02. The molecule has 1 aromatic rings. The lowest BCUT2D eigenvalue weighted by molar-refractivity contribution is 0.271. The van der Waals surface area contributed by atoms with Crippen LogP contribution in [-0.4, -0.2) is 18.1 Å². The topological polar surface area (TPSA) is 27.1 Å². The molecule has 1 aromatic heterocycles. The molecule has 0 aromatic carbocycles. The van der Waals surface area contributed by atoms with Crippen LogP contribution in [0, 0.1) is 0 Å². The van der Waals surface area contributed by atoms with Gasteiger partial charge >= 0.3 is 0 Å². The van der Waals surface area contributed by atoms with E-state index in [4.69, 9.17) is 4.43 Å². The predicted molar refractivity (Wildman–Crippen MR) is 72.9 cm³/mol. The fourth-order valence-electron chi connectivity index (χ4n) is 1.04. The third-order valence-electron chi connectivity index (χ3n) is 3.26. The van der Waals surface area contributed by atoms with Gasteiger partial charge < -0.3 is 4.43 Å². The second-order valence-electron chi connectivity index (χ2n) is 5.63. The van der Waals surface area contributed by atoms with Gasteiger partial charge in [-0.25, -0.2) is 0 Å². The van der Waals surface area contributed by atoms with Crippen molar-refractivity contribution in [2.24, 2.45) is 7.05 Å². The van der Waals surface area contributed by atoms with Crippen LogP contribution in [0.25, 0.3) is 0 Å². The molecule has 0 saturated carbocycles. The van der Waals surface area contributed by atoms with Crippen molar-refractivity contribution in [3.63, 3.8) is 0 Å². The van der Waals surface area contributed by atoms with E-state index >= 15 is 0 Å². The van der Waals surface area contributed by atoms with E-state index < -0.39 is 8.32 Å². The van der Waals surface area contributed by atoms with Gasteiger partial charge in [0.05, 0.1) is 12.3 Å². The van der Waals surface area contributed by atoms with Gasteiger partial charge in [-0.05, 0) is 40.1 Å². The number of aryl methyl sites for hydroxylation is 1. The summed E-state index contributed by atoms with van der Waals surface area (Å²) in [5, 5.41) is 4.61. The molecule has 5 heteroatoms. The summed E-state index contributed by atoms with van der Waals surface area (Å²) in [6.07, 6.45) is 0. The minimum atomic E-state index is -1.66. The minimum absolute atomic E-state index is 0.249. The van der Waals surface area contributed by atoms with Crippen molar-refractivity contribution in [1.29, 1.82) is 0 Å². The maximum Gasteiger partial charge on any atom is 0.192 e. The molecular formula is C11H21BrN2OSi. The fourth-order valence-corrected chi connectivity index (χ4v) is 2.33. The lowest BCUT2D eigenvalue weighted by Gasteiger charge is -2.35. The van der Waals surface area contributed by atoms with E-state index in [1.165, 1.54) is 0 Å². The highest BCUT2D eigenvalue weighted by Crippen LogP contribution is 2.37. The Bertz CT molecular complexity index is 349. The van der Waals surface area contributed by atoms with Crippen LogP contribution in [-0.2, 0) is 18.1 Å². The van der Waals surface area contributed by atoms with Crippen molar-refractivity contribution < 1.29 is 4.43 Å². The average Bonchev–Trinajstić information content (AvgIpc) is 2.41. The number of halogens is 1. The van der Waals surface area contributed by atoms with Crippen molar-refractivity contribution in [3.8, 4) is 0 Å². The van der Waals surface area contributed by atoms with Gasteiger partial charge in [-0.3, -0.25) is 4.68 Å². The number of hydrogen-bond donors (Lipinski definition) is 0. The summed E-state index contributed by atoms with van der Waals surface area (Å²) in [7, 11) is 0.256.